The van der Waals surface area contributed by atoms with E-state index in [0.717, 1.165) is 5.57 Å². The van der Waals surface area contributed by atoms with Gasteiger partial charge in [0.2, 0.25) is 11.8 Å². The van der Waals surface area contributed by atoms with Crippen LogP contribution in [0.2, 0.25) is 0 Å². The van der Waals surface area contributed by atoms with Crippen LogP contribution in [0.3, 0.4) is 0 Å². The fourth-order valence-corrected chi connectivity index (χ4v) is 2.06. The molecule has 0 aromatic heterocycles. The highest BCUT2D eigenvalue weighted by Gasteiger charge is 2.30. The molecule has 1 N–H and O–H groups in total. The molecule has 0 aromatic carbocycles. The summed E-state index contributed by atoms with van der Waals surface area (Å²) in [7, 11) is 0. The van der Waals surface area contributed by atoms with Crippen molar-refractivity contribution in [3.63, 3.8) is 0 Å². The minimum Gasteiger partial charge on any atom is -0.310 e. The molecule has 0 radical (unpaired) electrons. The Morgan fingerprint density at radius 3 is 2.47 bits per heavy atom. The zero-order valence-electron chi connectivity index (χ0n) is 10.4. The highest BCUT2D eigenvalue weighted by atomic mass is 16.2. The van der Waals surface area contributed by atoms with E-state index >= 15 is 0 Å². The molecule has 1 saturated carbocycles. The van der Waals surface area contributed by atoms with Gasteiger partial charge in [-0.25, -0.2) is 0 Å². The summed E-state index contributed by atoms with van der Waals surface area (Å²) in [5.74, 6) is 0.0757. The maximum absolute atomic E-state index is 11.7. The van der Waals surface area contributed by atoms with Crippen molar-refractivity contribution in [3.05, 3.63) is 12.2 Å². The molecule has 0 bridgehead atoms. The predicted octanol–water partition coefficient (Wildman–Crippen LogP) is 1.08. The lowest BCUT2D eigenvalue weighted by Gasteiger charge is -2.28. The molecular weight excluding hydrogens is 216 g/mol. The summed E-state index contributed by atoms with van der Waals surface area (Å²) >= 11 is 0. The number of amides is 2. The average Bonchev–Trinajstić information content (AvgIpc) is 3.04. The van der Waals surface area contributed by atoms with Crippen molar-refractivity contribution in [1.82, 2.24) is 10.2 Å². The zero-order chi connectivity index (χ0) is 12.4. The first-order valence-corrected chi connectivity index (χ1v) is 6.29. The molecule has 2 fully saturated rings. The van der Waals surface area contributed by atoms with Crippen LogP contribution in [0.15, 0.2) is 12.2 Å². The normalized spacial score (nSPS) is 22.1. The molecule has 2 rings (SSSR count). The van der Waals surface area contributed by atoms with Crippen molar-refractivity contribution in [2.24, 2.45) is 5.92 Å². The fraction of sp³-hybridized carbons (Fsp3) is 0.692. The van der Waals surface area contributed by atoms with Gasteiger partial charge in [-0.1, -0.05) is 13.5 Å². The highest BCUT2D eigenvalue weighted by Crippen LogP contribution is 2.20. The van der Waals surface area contributed by atoms with Crippen LogP contribution in [0.5, 0.6) is 0 Å². The van der Waals surface area contributed by atoms with E-state index in [2.05, 4.69) is 11.9 Å². The predicted molar refractivity (Wildman–Crippen MR) is 65.3 cm³/mol. The molecule has 17 heavy (non-hydrogen) atoms. The Bertz CT molecular complexity index is 329. The molecule has 94 valence electrons. The van der Waals surface area contributed by atoms with Crippen molar-refractivity contribution in [2.75, 3.05) is 13.1 Å². The molecular formula is C13H20N2O2. The molecule has 1 aliphatic heterocycles. The van der Waals surface area contributed by atoms with Gasteiger partial charge in [0, 0.05) is 25.4 Å². The molecule has 1 aliphatic carbocycles. The lowest BCUT2D eigenvalue weighted by atomic mass is 9.97. The number of likely N-dealkylation sites (tertiary alicyclic amines) is 1. The number of piperidine rings is 1. The first-order chi connectivity index (χ1) is 8.06. The zero-order valence-corrected chi connectivity index (χ0v) is 10.4. The topological polar surface area (TPSA) is 49.4 Å². The van der Waals surface area contributed by atoms with Gasteiger partial charge in [-0.2, -0.15) is 0 Å². The van der Waals surface area contributed by atoms with E-state index < -0.39 is 0 Å². The minimum absolute atomic E-state index is 0.0543. The van der Waals surface area contributed by atoms with Crippen LogP contribution in [0.1, 0.15) is 32.6 Å². The van der Waals surface area contributed by atoms with Crippen LogP contribution in [0.25, 0.3) is 0 Å². The molecule has 1 heterocycles. The number of rotatable bonds is 5. The van der Waals surface area contributed by atoms with Crippen LogP contribution in [0.4, 0.5) is 0 Å². The van der Waals surface area contributed by atoms with Gasteiger partial charge in [0.05, 0.1) is 6.54 Å². The van der Waals surface area contributed by atoms with E-state index in [1.54, 1.807) is 0 Å². The minimum atomic E-state index is -0.0543. The number of carbonyl (C=O) groups excluding carboxylic acids is 2. The van der Waals surface area contributed by atoms with E-state index in [-0.39, 0.29) is 17.7 Å². The van der Waals surface area contributed by atoms with E-state index in [4.69, 9.17) is 0 Å². The molecule has 2 aliphatic rings. The van der Waals surface area contributed by atoms with Gasteiger partial charge in [0.15, 0.2) is 0 Å². The molecule has 0 spiro atoms. The van der Waals surface area contributed by atoms with Gasteiger partial charge in [0.1, 0.15) is 0 Å². The molecule has 2 amide bonds. The lowest BCUT2D eigenvalue weighted by Crippen LogP contribution is -2.44. The second-order valence-corrected chi connectivity index (χ2v) is 5.29. The molecule has 0 atom stereocenters. The maximum Gasteiger partial charge on any atom is 0.229 e. The van der Waals surface area contributed by atoms with E-state index in [1.807, 2.05) is 6.92 Å². The third-order valence-corrected chi connectivity index (χ3v) is 3.25. The maximum atomic E-state index is 11.7. The molecule has 0 unspecified atom stereocenters. The Kier molecular flexibility index (Phi) is 3.62. The summed E-state index contributed by atoms with van der Waals surface area (Å²) in [5.41, 5.74) is 0.910. The number of nitrogens with zero attached hydrogens (tertiary/aromatic N) is 1. The Balaban J connectivity index is 1.81. The average molecular weight is 236 g/mol. The Morgan fingerprint density at radius 1 is 1.35 bits per heavy atom. The highest BCUT2D eigenvalue weighted by molar-refractivity contribution is 5.98. The molecule has 0 aromatic rings. The Labute approximate surface area is 102 Å². The summed E-state index contributed by atoms with van der Waals surface area (Å²) in [6.45, 7) is 6.95. The van der Waals surface area contributed by atoms with Gasteiger partial charge in [-0.3, -0.25) is 14.5 Å². The second-order valence-electron chi connectivity index (χ2n) is 5.29. The SMILES string of the molecule is C=C(CNC1CC1)CN1C(=O)CC(C)CC1=O. The van der Waals surface area contributed by atoms with Gasteiger partial charge in [-0.05, 0) is 24.3 Å². The number of hydrogen-bond donors (Lipinski definition) is 1. The van der Waals surface area contributed by atoms with Crippen molar-refractivity contribution >= 4 is 11.8 Å². The largest absolute Gasteiger partial charge is 0.310 e. The van der Waals surface area contributed by atoms with E-state index in [9.17, 15) is 9.59 Å². The van der Waals surface area contributed by atoms with Gasteiger partial charge in [-0.15, -0.1) is 0 Å². The van der Waals surface area contributed by atoms with Gasteiger partial charge >= 0.3 is 0 Å². The fourth-order valence-electron chi connectivity index (χ4n) is 2.06. The van der Waals surface area contributed by atoms with E-state index in [1.165, 1.54) is 17.7 Å². The van der Waals surface area contributed by atoms with Crippen LogP contribution >= 0.6 is 0 Å². The quantitative estimate of drug-likeness (QED) is 0.574. The van der Waals surface area contributed by atoms with Crippen LogP contribution < -0.4 is 5.32 Å². The lowest BCUT2D eigenvalue weighted by molar-refractivity contribution is -0.149. The van der Waals surface area contributed by atoms with Crippen LogP contribution in [-0.4, -0.2) is 35.8 Å². The van der Waals surface area contributed by atoms with Crippen LogP contribution in [0, 0.1) is 5.92 Å². The third-order valence-electron chi connectivity index (χ3n) is 3.25. The van der Waals surface area contributed by atoms with Crippen molar-refractivity contribution in [1.29, 1.82) is 0 Å². The number of carbonyl (C=O) groups is 2. The number of hydrogen-bond acceptors (Lipinski definition) is 3. The first kappa shape index (κ1) is 12.3. The molecule has 1 saturated heterocycles. The summed E-state index contributed by atoms with van der Waals surface area (Å²) in [5, 5.41) is 3.34. The summed E-state index contributed by atoms with van der Waals surface area (Å²) in [6, 6.07) is 0.625. The number of imide groups is 1. The summed E-state index contributed by atoms with van der Waals surface area (Å²) in [4.78, 5) is 24.8. The Hall–Kier alpha value is -1.16. The molecule has 4 nitrogen and oxygen atoms in total. The van der Waals surface area contributed by atoms with E-state index in [0.29, 0.717) is 32.0 Å². The molecule has 4 heteroatoms. The third kappa shape index (κ3) is 3.40. The van der Waals surface area contributed by atoms with Gasteiger partial charge in [0.25, 0.3) is 0 Å². The van der Waals surface area contributed by atoms with Gasteiger partial charge < -0.3 is 5.32 Å². The summed E-state index contributed by atoms with van der Waals surface area (Å²) < 4.78 is 0. The van der Waals surface area contributed by atoms with Crippen molar-refractivity contribution in [2.45, 2.75) is 38.6 Å². The monoisotopic (exact) mass is 236 g/mol. The first-order valence-electron chi connectivity index (χ1n) is 6.29. The summed E-state index contributed by atoms with van der Waals surface area (Å²) in [6.07, 6.45) is 3.42. The van der Waals surface area contributed by atoms with Crippen molar-refractivity contribution in [3.8, 4) is 0 Å². The second kappa shape index (κ2) is 5.00. The van der Waals surface area contributed by atoms with Crippen LogP contribution in [-0.2, 0) is 9.59 Å². The van der Waals surface area contributed by atoms with Crippen molar-refractivity contribution < 1.29 is 9.59 Å². The number of nitrogens with one attached hydrogen (secondary N) is 1. The smallest absolute Gasteiger partial charge is 0.229 e. The standard InChI is InChI=1S/C13H20N2O2/c1-9-5-12(16)15(13(17)6-9)8-10(2)7-14-11-3-4-11/h9,11,14H,2-8H2,1H3. The Morgan fingerprint density at radius 2 is 1.94 bits per heavy atom.